The van der Waals surface area contributed by atoms with Gasteiger partial charge in [0.05, 0.1) is 22.7 Å². The number of amides is 2. The Morgan fingerprint density at radius 2 is 1.68 bits per heavy atom. The first-order valence-corrected chi connectivity index (χ1v) is 13.7. The molecule has 10 heteroatoms. The van der Waals surface area contributed by atoms with Crippen molar-refractivity contribution in [2.24, 2.45) is 11.7 Å². The molecule has 41 heavy (non-hydrogen) atoms. The molecule has 0 spiro atoms. The summed E-state index contributed by atoms with van der Waals surface area (Å²) in [7, 11) is 0. The van der Waals surface area contributed by atoms with Crippen molar-refractivity contribution in [2.75, 3.05) is 0 Å². The summed E-state index contributed by atoms with van der Waals surface area (Å²) >= 11 is 1.08. The van der Waals surface area contributed by atoms with Crippen LogP contribution in [0.1, 0.15) is 56.4 Å². The highest BCUT2D eigenvalue weighted by Crippen LogP contribution is 2.41. The van der Waals surface area contributed by atoms with Crippen molar-refractivity contribution >= 4 is 28.8 Å². The maximum atomic E-state index is 13.5. The van der Waals surface area contributed by atoms with Gasteiger partial charge in [-0.2, -0.15) is 0 Å². The van der Waals surface area contributed by atoms with E-state index in [-0.39, 0.29) is 29.5 Å². The molecule has 4 rings (SSSR count). The fourth-order valence-corrected chi connectivity index (χ4v) is 5.42. The molecule has 6 nitrogen and oxygen atoms in total. The summed E-state index contributed by atoms with van der Waals surface area (Å²) in [6.07, 6.45) is 1.31. The molecule has 0 saturated heterocycles. The number of nitrogens with two attached hydrogens (primary N) is 1. The van der Waals surface area contributed by atoms with Crippen molar-refractivity contribution in [1.82, 2.24) is 10.3 Å². The monoisotopic (exact) mass is 576 g/mol. The van der Waals surface area contributed by atoms with Crippen LogP contribution >= 0.6 is 11.3 Å². The minimum absolute atomic E-state index is 0.0234. The summed E-state index contributed by atoms with van der Waals surface area (Å²) in [4.78, 5) is 34.9. The van der Waals surface area contributed by atoms with Crippen molar-refractivity contribution < 1.29 is 22.8 Å². The van der Waals surface area contributed by atoms with E-state index in [4.69, 9.17) is 17.3 Å². The largest absolute Gasteiger partial charge is 0.366 e. The van der Waals surface area contributed by atoms with Gasteiger partial charge in [-0.3, -0.25) is 14.6 Å². The van der Waals surface area contributed by atoms with Crippen LogP contribution in [0.2, 0.25) is 0 Å². The molecule has 0 aliphatic carbocycles. The van der Waals surface area contributed by atoms with Crippen LogP contribution in [0.25, 0.3) is 15.3 Å². The molecule has 2 aromatic heterocycles. The van der Waals surface area contributed by atoms with E-state index in [1.807, 2.05) is 13.8 Å². The third-order valence-electron chi connectivity index (χ3n) is 6.36. The molecule has 3 N–H and O–H groups in total. The first-order valence-electron chi connectivity index (χ1n) is 12.9. The van der Waals surface area contributed by atoms with Gasteiger partial charge in [0.2, 0.25) is 11.6 Å². The maximum Gasteiger partial charge on any atom is 0.261 e. The van der Waals surface area contributed by atoms with Gasteiger partial charge in [-0.1, -0.05) is 32.0 Å². The summed E-state index contributed by atoms with van der Waals surface area (Å²) in [6, 6.07) is 12.7. The Morgan fingerprint density at radius 1 is 0.976 bits per heavy atom. The van der Waals surface area contributed by atoms with Crippen LogP contribution in [0.3, 0.4) is 0 Å². The van der Waals surface area contributed by atoms with Crippen LogP contribution in [-0.2, 0) is 25.8 Å². The fraction of sp³-hybridized carbons (Fsp3) is 0.226. The summed E-state index contributed by atoms with van der Waals surface area (Å²) in [5, 5.41) is 2.68. The molecule has 0 unspecified atom stereocenters. The number of pyridine rings is 1. The number of carbonyl (C=O) groups excluding carboxylic acids is 2. The van der Waals surface area contributed by atoms with Gasteiger partial charge in [0.15, 0.2) is 11.6 Å². The predicted octanol–water partition coefficient (Wildman–Crippen LogP) is 6.79. The Bertz CT molecular complexity index is 1640. The van der Waals surface area contributed by atoms with E-state index >= 15 is 0 Å². The number of nitrogens with one attached hydrogen (secondary N) is 1. The van der Waals surface area contributed by atoms with Crippen molar-refractivity contribution in [3.63, 3.8) is 0 Å². The summed E-state index contributed by atoms with van der Waals surface area (Å²) in [5.41, 5.74) is 8.69. The molecule has 2 heterocycles. The van der Waals surface area contributed by atoms with Crippen LogP contribution < -0.4 is 11.1 Å². The molecule has 0 fully saturated rings. The Morgan fingerprint density at radius 3 is 2.32 bits per heavy atom. The number of hydrogen-bond acceptors (Lipinski definition) is 4. The Balaban J connectivity index is 1.71. The highest BCUT2D eigenvalue weighted by atomic mass is 32.1. The molecule has 0 saturated carbocycles. The van der Waals surface area contributed by atoms with Gasteiger partial charge in [0.25, 0.3) is 5.91 Å². The highest BCUT2D eigenvalue weighted by Gasteiger charge is 2.26. The van der Waals surface area contributed by atoms with E-state index in [1.54, 1.807) is 24.3 Å². The summed E-state index contributed by atoms with van der Waals surface area (Å²) < 4.78 is 40.1. The van der Waals surface area contributed by atoms with Crippen LogP contribution in [-0.4, -0.2) is 16.8 Å². The second-order valence-corrected chi connectivity index (χ2v) is 11.0. The van der Waals surface area contributed by atoms with E-state index in [9.17, 15) is 22.8 Å². The Labute approximate surface area is 239 Å². The molecule has 210 valence electrons. The number of aryl methyl sites for hydroxylation is 2. The molecule has 4 aromatic rings. The average Bonchev–Trinajstić information content (AvgIpc) is 3.42. The number of benzene rings is 2. The topological polar surface area (TPSA) is 89.4 Å². The SMILES string of the molecule is [C-]#[N+]c1c(CCc2ccc(F)cc2)nc(CC(C)C)c(C(N)=O)c1-c1ccc(C(=O)NCc2ccc(F)c(F)c2)s1. The minimum atomic E-state index is -1.01. The molecule has 2 aromatic carbocycles. The minimum Gasteiger partial charge on any atom is -0.366 e. The highest BCUT2D eigenvalue weighted by molar-refractivity contribution is 7.17. The van der Waals surface area contributed by atoms with E-state index in [2.05, 4.69) is 10.2 Å². The number of nitrogens with zero attached hydrogens (tertiary/aromatic N) is 2. The van der Waals surface area contributed by atoms with Gasteiger partial charge in [-0.15, -0.1) is 11.3 Å². The van der Waals surface area contributed by atoms with Crippen LogP contribution in [0.4, 0.5) is 18.9 Å². The zero-order valence-electron chi connectivity index (χ0n) is 22.4. The van der Waals surface area contributed by atoms with Crippen molar-refractivity contribution in [1.29, 1.82) is 0 Å². The van der Waals surface area contributed by atoms with Gasteiger partial charge in [-0.25, -0.2) is 18.0 Å². The van der Waals surface area contributed by atoms with Crippen molar-refractivity contribution in [3.05, 3.63) is 116 Å². The van der Waals surface area contributed by atoms with E-state index in [0.717, 1.165) is 29.0 Å². The smallest absolute Gasteiger partial charge is 0.261 e. The van der Waals surface area contributed by atoms with Crippen molar-refractivity contribution in [3.8, 4) is 10.4 Å². The number of halogens is 3. The standard InChI is InChI=1S/C31H27F3N4O2S/c1-17(2)14-24-27(30(35)39)28(29(36-3)23(38-24)11-7-18-4-8-20(32)9-5-18)25-12-13-26(41-25)31(40)37-16-19-6-10-21(33)22(34)15-19/h4-6,8-10,12-13,15,17H,7,11,14,16H2,1-2H3,(H2,35,39)(H,37,40). The molecule has 0 atom stereocenters. The van der Waals surface area contributed by atoms with E-state index in [0.29, 0.717) is 51.5 Å². The Kier molecular flexibility index (Phi) is 9.20. The van der Waals surface area contributed by atoms with Gasteiger partial charge in [0, 0.05) is 22.7 Å². The third-order valence-corrected chi connectivity index (χ3v) is 7.46. The fourth-order valence-electron chi connectivity index (χ4n) is 4.44. The van der Waals surface area contributed by atoms with Gasteiger partial charge < -0.3 is 11.1 Å². The first-order chi connectivity index (χ1) is 19.6. The zero-order valence-corrected chi connectivity index (χ0v) is 23.2. The summed E-state index contributed by atoms with van der Waals surface area (Å²) in [6.45, 7) is 11.9. The molecule has 0 radical (unpaired) electrons. The summed E-state index contributed by atoms with van der Waals surface area (Å²) in [5.74, 6) is -3.37. The number of aromatic nitrogens is 1. The second-order valence-electron chi connectivity index (χ2n) is 9.90. The number of primary amides is 1. The third kappa shape index (κ3) is 6.99. The molecular formula is C31H27F3N4O2S. The van der Waals surface area contributed by atoms with Gasteiger partial charge in [0.1, 0.15) is 5.82 Å². The molecular weight excluding hydrogens is 549 g/mol. The lowest BCUT2D eigenvalue weighted by Gasteiger charge is -2.17. The number of hydrogen-bond donors (Lipinski definition) is 2. The van der Waals surface area contributed by atoms with Gasteiger partial charge in [-0.05, 0) is 72.7 Å². The van der Waals surface area contributed by atoms with Crippen molar-refractivity contribution in [2.45, 2.75) is 39.7 Å². The van der Waals surface area contributed by atoms with Gasteiger partial charge >= 0.3 is 0 Å². The van der Waals surface area contributed by atoms with Crippen LogP contribution in [0, 0.1) is 29.9 Å². The van der Waals surface area contributed by atoms with Crippen LogP contribution in [0.5, 0.6) is 0 Å². The lowest BCUT2D eigenvalue weighted by molar-refractivity contribution is 0.0953. The lowest BCUT2D eigenvalue weighted by atomic mass is 9.94. The van der Waals surface area contributed by atoms with E-state index < -0.39 is 23.4 Å². The number of thiophene rings is 1. The maximum absolute atomic E-state index is 13.5. The molecule has 0 aliphatic rings. The second kappa shape index (κ2) is 12.8. The first kappa shape index (κ1) is 29.5. The molecule has 0 bridgehead atoms. The predicted molar refractivity (Wildman–Crippen MR) is 152 cm³/mol. The number of carbonyl (C=O) groups is 2. The lowest BCUT2D eigenvalue weighted by Crippen LogP contribution is -2.21. The Hall–Kier alpha value is -4.49. The molecule has 0 aliphatic heterocycles. The molecule has 2 amide bonds. The van der Waals surface area contributed by atoms with Crippen LogP contribution in [0.15, 0.2) is 54.6 Å². The zero-order chi connectivity index (χ0) is 29.7. The van der Waals surface area contributed by atoms with E-state index in [1.165, 1.54) is 18.2 Å². The average molecular weight is 577 g/mol. The quantitative estimate of drug-likeness (QED) is 0.204. The normalized spacial score (nSPS) is 11.0. The number of rotatable bonds is 10.